The van der Waals surface area contributed by atoms with E-state index in [1.165, 1.54) is 71.6 Å². The lowest BCUT2D eigenvalue weighted by atomic mass is 9.98. The van der Waals surface area contributed by atoms with Crippen LogP contribution in [0.5, 0.6) is 0 Å². The van der Waals surface area contributed by atoms with Crippen molar-refractivity contribution in [3.05, 3.63) is 218 Å². The standard InChI is InChI=1S/C52H36N2/c1-2-15-42(16-3-1)53(44-35-31-40(32-36-44)46-21-12-14-39-13-4-5-17-45(39)46)43-33-29-38(30-34-43)37-25-27-41(28-26-37)47-18-6-9-22-50(47)54-51-23-10-7-19-48(51)49-20-8-11-24-52(49)54/h1-36H. The zero-order chi connectivity index (χ0) is 35.8. The van der Waals surface area contributed by atoms with Crippen molar-refractivity contribution < 1.29 is 0 Å². The van der Waals surface area contributed by atoms with Crippen molar-refractivity contribution in [2.24, 2.45) is 0 Å². The Morgan fingerprint density at radius 1 is 0.278 bits per heavy atom. The van der Waals surface area contributed by atoms with Crippen LogP contribution in [0.4, 0.5) is 17.1 Å². The van der Waals surface area contributed by atoms with Gasteiger partial charge in [0.1, 0.15) is 0 Å². The summed E-state index contributed by atoms with van der Waals surface area (Å²) in [6.07, 6.45) is 0. The van der Waals surface area contributed by atoms with E-state index in [-0.39, 0.29) is 0 Å². The number of rotatable bonds is 7. The molecule has 254 valence electrons. The lowest BCUT2D eigenvalue weighted by molar-refractivity contribution is 1.18. The molecule has 1 aromatic heterocycles. The van der Waals surface area contributed by atoms with E-state index in [0.717, 1.165) is 17.1 Å². The minimum atomic E-state index is 1.11. The minimum absolute atomic E-state index is 1.11. The maximum Gasteiger partial charge on any atom is 0.0541 e. The summed E-state index contributed by atoms with van der Waals surface area (Å²) in [4.78, 5) is 2.32. The Hall–Kier alpha value is -7.16. The van der Waals surface area contributed by atoms with Crippen LogP contribution in [0.3, 0.4) is 0 Å². The highest BCUT2D eigenvalue weighted by molar-refractivity contribution is 6.09. The normalized spacial score (nSPS) is 11.3. The van der Waals surface area contributed by atoms with Gasteiger partial charge in [-0.3, -0.25) is 0 Å². The molecule has 0 aliphatic rings. The molecule has 1 heterocycles. The molecule has 0 radical (unpaired) electrons. The molecule has 0 saturated carbocycles. The first-order chi connectivity index (χ1) is 26.8. The second-order valence-electron chi connectivity index (χ2n) is 13.8. The second kappa shape index (κ2) is 13.4. The lowest BCUT2D eigenvalue weighted by Gasteiger charge is -2.26. The van der Waals surface area contributed by atoms with E-state index in [0.29, 0.717) is 0 Å². The molecule has 2 nitrogen and oxygen atoms in total. The average molecular weight is 689 g/mol. The van der Waals surface area contributed by atoms with E-state index in [1.54, 1.807) is 0 Å². The third-order valence-electron chi connectivity index (χ3n) is 10.6. The van der Waals surface area contributed by atoms with Crippen molar-refractivity contribution in [2.45, 2.75) is 0 Å². The van der Waals surface area contributed by atoms with Crippen LogP contribution in [0.1, 0.15) is 0 Å². The van der Waals surface area contributed by atoms with Crippen LogP contribution < -0.4 is 4.90 Å². The molecule has 0 aliphatic heterocycles. The largest absolute Gasteiger partial charge is 0.311 e. The smallest absolute Gasteiger partial charge is 0.0541 e. The van der Waals surface area contributed by atoms with Gasteiger partial charge in [0.05, 0.1) is 16.7 Å². The molecule has 0 unspecified atom stereocenters. The molecule has 0 N–H and O–H groups in total. The van der Waals surface area contributed by atoms with Crippen LogP contribution >= 0.6 is 0 Å². The van der Waals surface area contributed by atoms with Gasteiger partial charge in [-0.1, -0.05) is 164 Å². The Labute approximate surface area is 315 Å². The summed E-state index contributed by atoms with van der Waals surface area (Å²) in [6.45, 7) is 0. The highest BCUT2D eigenvalue weighted by atomic mass is 15.1. The van der Waals surface area contributed by atoms with Crippen LogP contribution in [-0.2, 0) is 0 Å². The number of nitrogens with zero attached hydrogens (tertiary/aromatic N) is 2. The maximum atomic E-state index is 2.41. The minimum Gasteiger partial charge on any atom is -0.311 e. The van der Waals surface area contributed by atoms with E-state index < -0.39 is 0 Å². The molecule has 0 bridgehead atoms. The predicted molar refractivity (Wildman–Crippen MR) is 229 cm³/mol. The molecule has 0 saturated heterocycles. The van der Waals surface area contributed by atoms with Crippen molar-refractivity contribution in [1.82, 2.24) is 4.57 Å². The lowest BCUT2D eigenvalue weighted by Crippen LogP contribution is -2.09. The molecular formula is C52H36N2. The van der Waals surface area contributed by atoms with Gasteiger partial charge in [-0.05, 0) is 93.2 Å². The summed E-state index contributed by atoms with van der Waals surface area (Å²) < 4.78 is 2.41. The van der Waals surface area contributed by atoms with Crippen LogP contribution in [0.2, 0.25) is 0 Å². The molecule has 0 atom stereocenters. The highest BCUT2D eigenvalue weighted by Gasteiger charge is 2.16. The number of hydrogen-bond donors (Lipinski definition) is 0. The summed E-state index contributed by atoms with van der Waals surface area (Å²) in [5.41, 5.74) is 14.2. The van der Waals surface area contributed by atoms with Gasteiger partial charge in [0.15, 0.2) is 0 Å². The first-order valence-corrected chi connectivity index (χ1v) is 18.5. The molecule has 9 aromatic carbocycles. The molecule has 2 heteroatoms. The average Bonchev–Trinajstić information content (AvgIpc) is 3.59. The van der Waals surface area contributed by atoms with Gasteiger partial charge in [-0.2, -0.15) is 0 Å². The number of fused-ring (bicyclic) bond motifs is 4. The van der Waals surface area contributed by atoms with Crippen LogP contribution in [0, 0.1) is 0 Å². The fraction of sp³-hybridized carbons (Fsp3) is 0. The number of para-hydroxylation sites is 4. The van der Waals surface area contributed by atoms with Crippen molar-refractivity contribution in [3.63, 3.8) is 0 Å². The summed E-state index contributed by atoms with van der Waals surface area (Å²) >= 11 is 0. The Morgan fingerprint density at radius 2 is 0.704 bits per heavy atom. The first kappa shape index (κ1) is 31.6. The van der Waals surface area contributed by atoms with Crippen LogP contribution in [0.15, 0.2) is 218 Å². The van der Waals surface area contributed by atoms with Crippen molar-refractivity contribution in [2.75, 3.05) is 4.90 Å². The van der Waals surface area contributed by atoms with Gasteiger partial charge in [0, 0.05) is 33.4 Å². The van der Waals surface area contributed by atoms with Crippen molar-refractivity contribution >= 4 is 49.6 Å². The van der Waals surface area contributed by atoms with E-state index in [4.69, 9.17) is 0 Å². The van der Waals surface area contributed by atoms with Gasteiger partial charge < -0.3 is 9.47 Å². The quantitative estimate of drug-likeness (QED) is 0.162. The summed E-state index contributed by atoms with van der Waals surface area (Å²) in [5.74, 6) is 0. The Balaban J connectivity index is 0.969. The third kappa shape index (κ3) is 5.53. The Kier molecular flexibility index (Phi) is 7.85. The molecule has 10 rings (SSSR count). The highest BCUT2D eigenvalue weighted by Crippen LogP contribution is 2.39. The van der Waals surface area contributed by atoms with Gasteiger partial charge in [0.25, 0.3) is 0 Å². The topological polar surface area (TPSA) is 8.17 Å². The first-order valence-electron chi connectivity index (χ1n) is 18.5. The molecule has 0 amide bonds. The summed E-state index contributed by atoms with van der Waals surface area (Å²) in [7, 11) is 0. The summed E-state index contributed by atoms with van der Waals surface area (Å²) in [6, 6.07) is 78.7. The molecule has 54 heavy (non-hydrogen) atoms. The molecular weight excluding hydrogens is 653 g/mol. The number of hydrogen-bond acceptors (Lipinski definition) is 1. The Morgan fingerprint density at radius 3 is 1.37 bits per heavy atom. The maximum absolute atomic E-state index is 2.41. The van der Waals surface area contributed by atoms with Gasteiger partial charge in [-0.25, -0.2) is 0 Å². The van der Waals surface area contributed by atoms with Gasteiger partial charge in [0.2, 0.25) is 0 Å². The summed E-state index contributed by atoms with van der Waals surface area (Å²) in [5, 5.41) is 5.06. The fourth-order valence-corrected chi connectivity index (χ4v) is 8.03. The van der Waals surface area contributed by atoms with E-state index in [9.17, 15) is 0 Å². The molecule has 0 spiro atoms. The second-order valence-corrected chi connectivity index (χ2v) is 13.8. The van der Waals surface area contributed by atoms with E-state index in [1.807, 2.05) is 0 Å². The number of aromatic nitrogens is 1. The van der Waals surface area contributed by atoms with E-state index >= 15 is 0 Å². The SMILES string of the molecule is c1ccc(N(c2ccc(-c3ccc(-c4ccccc4-n4c5ccccc5c5ccccc54)cc3)cc2)c2ccc(-c3cccc4ccccc34)cc2)cc1. The van der Waals surface area contributed by atoms with Crippen LogP contribution in [-0.4, -0.2) is 4.57 Å². The van der Waals surface area contributed by atoms with Crippen molar-refractivity contribution in [1.29, 1.82) is 0 Å². The zero-order valence-electron chi connectivity index (χ0n) is 29.7. The van der Waals surface area contributed by atoms with Gasteiger partial charge >= 0.3 is 0 Å². The zero-order valence-corrected chi connectivity index (χ0v) is 29.7. The third-order valence-corrected chi connectivity index (χ3v) is 10.6. The van der Waals surface area contributed by atoms with Crippen molar-refractivity contribution in [3.8, 4) is 39.1 Å². The Bertz CT molecular complexity index is 2840. The van der Waals surface area contributed by atoms with Crippen LogP contribution in [0.25, 0.3) is 71.6 Å². The van der Waals surface area contributed by atoms with Gasteiger partial charge in [-0.15, -0.1) is 0 Å². The number of anilines is 3. The molecule has 0 fully saturated rings. The van der Waals surface area contributed by atoms with E-state index in [2.05, 4.69) is 228 Å². The predicted octanol–water partition coefficient (Wildman–Crippen LogP) is 14.4. The number of benzene rings is 9. The molecule has 10 aromatic rings. The molecule has 0 aliphatic carbocycles. The monoisotopic (exact) mass is 688 g/mol. The fourth-order valence-electron chi connectivity index (χ4n) is 8.03.